The van der Waals surface area contributed by atoms with Gasteiger partial charge in [0.15, 0.2) is 0 Å². The molecule has 2 aromatic rings. The van der Waals surface area contributed by atoms with Crippen LogP contribution < -0.4 is 10.6 Å². The molecule has 94 valence electrons. The largest absolute Gasteiger partial charge is 0.354 e. The first-order valence-corrected chi connectivity index (χ1v) is 6.88. The predicted octanol–water partition coefficient (Wildman–Crippen LogP) is 3.57. The number of anilines is 3. The normalized spacial score (nSPS) is 10.2. The summed E-state index contributed by atoms with van der Waals surface area (Å²) in [7, 11) is 0. The number of para-hydroxylation sites is 1. The fourth-order valence-electron chi connectivity index (χ4n) is 1.57. The lowest BCUT2D eigenvalue weighted by atomic mass is 10.3. The fourth-order valence-corrected chi connectivity index (χ4v) is 2.09. The molecule has 0 aliphatic rings. The molecule has 0 fully saturated rings. The van der Waals surface area contributed by atoms with Gasteiger partial charge in [-0.15, -0.1) is 0 Å². The third kappa shape index (κ3) is 3.32. The maximum absolute atomic E-state index is 4.42. The van der Waals surface area contributed by atoms with Gasteiger partial charge in [0.2, 0.25) is 5.95 Å². The molecule has 0 atom stereocenters. The summed E-state index contributed by atoms with van der Waals surface area (Å²) in [6, 6.07) is 10.0. The number of rotatable bonds is 4. The highest BCUT2D eigenvalue weighted by atomic mass is 127. The van der Waals surface area contributed by atoms with E-state index in [0.29, 0.717) is 5.95 Å². The second kappa shape index (κ2) is 5.99. The second-order valence-electron chi connectivity index (χ2n) is 3.85. The molecule has 18 heavy (non-hydrogen) atoms. The first-order chi connectivity index (χ1) is 8.69. The van der Waals surface area contributed by atoms with E-state index in [4.69, 9.17) is 0 Å². The number of benzene rings is 1. The van der Waals surface area contributed by atoms with Crippen LogP contribution >= 0.6 is 22.6 Å². The van der Waals surface area contributed by atoms with Crippen molar-refractivity contribution in [3.63, 3.8) is 0 Å². The van der Waals surface area contributed by atoms with Crippen LogP contribution in [-0.2, 0) is 0 Å². The Hall–Kier alpha value is -1.37. The van der Waals surface area contributed by atoms with Gasteiger partial charge in [-0.05, 0) is 48.6 Å². The highest BCUT2D eigenvalue weighted by molar-refractivity contribution is 14.1. The van der Waals surface area contributed by atoms with Crippen LogP contribution in [-0.4, -0.2) is 16.5 Å². The Labute approximate surface area is 120 Å². The van der Waals surface area contributed by atoms with E-state index < -0.39 is 0 Å². The number of aromatic nitrogens is 2. The van der Waals surface area contributed by atoms with Crippen LogP contribution in [0.1, 0.15) is 12.6 Å². The topological polar surface area (TPSA) is 49.8 Å². The van der Waals surface area contributed by atoms with Crippen molar-refractivity contribution in [1.29, 1.82) is 0 Å². The van der Waals surface area contributed by atoms with Crippen molar-refractivity contribution in [2.24, 2.45) is 0 Å². The van der Waals surface area contributed by atoms with Crippen molar-refractivity contribution in [2.75, 3.05) is 17.2 Å². The molecule has 0 aliphatic carbocycles. The number of aryl methyl sites for hydroxylation is 1. The van der Waals surface area contributed by atoms with Crippen molar-refractivity contribution in [3.8, 4) is 0 Å². The lowest BCUT2D eigenvalue weighted by molar-refractivity contribution is 1.05. The molecule has 0 radical (unpaired) electrons. The van der Waals surface area contributed by atoms with E-state index in [1.807, 2.05) is 38.1 Å². The van der Waals surface area contributed by atoms with Crippen molar-refractivity contribution in [1.82, 2.24) is 9.97 Å². The van der Waals surface area contributed by atoms with Crippen LogP contribution in [0.2, 0.25) is 0 Å². The number of nitrogens with one attached hydrogen (secondary N) is 2. The van der Waals surface area contributed by atoms with Crippen LogP contribution in [0.25, 0.3) is 0 Å². The first kappa shape index (κ1) is 13.1. The van der Waals surface area contributed by atoms with Crippen molar-refractivity contribution in [2.45, 2.75) is 13.8 Å². The molecule has 0 saturated heterocycles. The van der Waals surface area contributed by atoms with Crippen molar-refractivity contribution < 1.29 is 0 Å². The van der Waals surface area contributed by atoms with Crippen molar-refractivity contribution >= 4 is 40.0 Å². The quantitative estimate of drug-likeness (QED) is 0.825. The van der Waals surface area contributed by atoms with E-state index in [0.717, 1.165) is 27.3 Å². The summed E-state index contributed by atoms with van der Waals surface area (Å²) in [4.78, 5) is 8.75. The zero-order valence-electron chi connectivity index (χ0n) is 10.4. The minimum absolute atomic E-state index is 0.658. The zero-order chi connectivity index (χ0) is 13.0. The van der Waals surface area contributed by atoms with E-state index in [1.54, 1.807) is 0 Å². The SMILES string of the molecule is CCNc1nc(C)cc(Nc2ccccc2I)n1. The molecule has 2 N–H and O–H groups in total. The molecule has 0 saturated carbocycles. The maximum Gasteiger partial charge on any atom is 0.224 e. The molecular formula is C13H15IN4. The van der Waals surface area contributed by atoms with Gasteiger partial charge in [-0.1, -0.05) is 12.1 Å². The van der Waals surface area contributed by atoms with E-state index in [1.165, 1.54) is 0 Å². The van der Waals surface area contributed by atoms with E-state index in [9.17, 15) is 0 Å². The van der Waals surface area contributed by atoms with Gasteiger partial charge in [0.05, 0.1) is 5.69 Å². The molecule has 0 unspecified atom stereocenters. The first-order valence-electron chi connectivity index (χ1n) is 5.80. The number of nitrogens with zero attached hydrogens (tertiary/aromatic N) is 2. The lowest BCUT2D eigenvalue weighted by Crippen LogP contribution is -2.05. The highest BCUT2D eigenvalue weighted by Gasteiger charge is 2.03. The summed E-state index contributed by atoms with van der Waals surface area (Å²) >= 11 is 2.30. The Morgan fingerprint density at radius 3 is 2.72 bits per heavy atom. The van der Waals surface area contributed by atoms with Crippen LogP contribution in [0.3, 0.4) is 0 Å². The van der Waals surface area contributed by atoms with Gasteiger partial charge in [-0.25, -0.2) is 4.98 Å². The molecule has 0 aliphatic heterocycles. The Kier molecular flexibility index (Phi) is 4.35. The average molecular weight is 354 g/mol. The number of hydrogen-bond donors (Lipinski definition) is 2. The van der Waals surface area contributed by atoms with Gasteiger partial charge in [-0.2, -0.15) is 4.98 Å². The summed E-state index contributed by atoms with van der Waals surface area (Å²) in [5.74, 6) is 1.47. The Morgan fingerprint density at radius 2 is 2.00 bits per heavy atom. The zero-order valence-corrected chi connectivity index (χ0v) is 12.5. The van der Waals surface area contributed by atoms with Gasteiger partial charge >= 0.3 is 0 Å². The minimum atomic E-state index is 0.658. The van der Waals surface area contributed by atoms with Gasteiger partial charge in [0, 0.05) is 21.9 Å². The standard InChI is InChI=1S/C13H15IN4/c1-3-15-13-16-9(2)8-12(18-13)17-11-7-5-4-6-10(11)14/h4-8H,3H2,1-2H3,(H2,15,16,17,18). The molecular weight excluding hydrogens is 339 g/mol. The van der Waals surface area contributed by atoms with Crippen LogP contribution in [0.15, 0.2) is 30.3 Å². The number of halogens is 1. The Bertz CT molecular complexity index is 542. The van der Waals surface area contributed by atoms with E-state index in [-0.39, 0.29) is 0 Å². The molecule has 1 heterocycles. The summed E-state index contributed by atoms with van der Waals surface area (Å²) < 4.78 is 1.16. The van der Waals surface area contributed by atoms with E-state index >= 15 is 0 Å². The smallest absolute Gasteiger partial charge is 0.224 e. The predicted molar refractivity (Wildman–Crippen MR) is 83.4 cm³/mol. The molecule has 1 aromatic heterocycles. The van der Waals surface area contributed by atoms with Gasteiger partial charge in [0.1, 0.15) is 5.82 Å². The van der Waals surface area contributed by atoms with Crippen LogP contribution in [0.5, 0.6) is 0 Å². The molecule has 4 nitrogen and oxygen atoms in total. The average Bonchev–Trinajstić information content (AvgIpc) is 2.32. The second-order valence-corrected chi connectivity index (χ2v) is 5.02. The molecule has 2 rings (SSSR count). The van der Waals surface area contributed by atoms with Gasteiger partial charge in [-0.3, -0.25) is 0 Å². The molecule has 0 bridgehead atoms. The third-order valence-corrected chi connectivity index (χ3v) is 3.27. The molecule has 5 heteroatoms. The van der Waals surface area contributed by atoms with E-state index in [2.05, 4.69) is 49.3 Å². The third-order valence-electron chi connectivity index (χ3n) is 2.33. The van der Waals surface area contributed by atoms with Crippen LogP contribution in [0, 0.1) is 10.5 Å². The monoisotopic (exact) mass is 354 g/mol. The molecule has 0 spiro atoms. The molecule has 1 aromatic carbocycles. The lowest BCUT2D eigenvalue weighted by Gasteiger charge is -2.10. The fraction of sp³-hybridized carbons (Fsp3) is 0.231. The summed E-state index contributed by atoms with van der Waals surface area (Å²) in [6.07, 6.45) is 0. The summed E-state index contributed by atoms with van der Waals surface area (Å²) in [6.45, 7) is 4.80. The maximum atomic E-state index is 4.42. The van der Waals surface area contributed by atoms with Crippen LogP contribution in [0.4, 0.5) is 17.5 Å². The summed E-state index contributed by atoms with van der Waals surface area (Å²) in [5, 5.41) is 6.44. The summed E-state index contributed by atoms with van der Waals surface area (Å²) in [5.41, 5.74) is 1.99. The minimum Gasteiger partial charge on any atom is -0.354 e. The molecule has 0 amide bonds. The number of hydrogen-bond acceptors (Lipinski definition) is 4. The highest BCUT2D eigenvalue weighted by Crippen LogP contribution is 2.21. The van der Waals surface area contributed by atoms with Crippen molar-refractivity contribution in [3.05, 3.63) is 39.6 Å². The Morgan fingerprint density at radius 1 is 1.22 bits per heavy atom. The van der Waals surface area contributed by atoms with Gasteiger partial charge < -0.3 is 10.6 Å². The Balaban J connectivity index is 2.26. The van der Waals surface area contributed by atoms with Gasteiger partial charge in [0.25, 0.3) is 0 Å².